The second-order valence-electron chi connectivity index (χ2n) is 4.17. The predicted molar refractivity (Wildman–Crippen MR) is 65.5 cm³/mol. The third-order valence-corrected chi connectivity index (χ3v) is 2.85. The van der Waals surface area contributed by atoms with Gasteiger partial charge in [0.05, 0.1) is 6.61 Å². The summed E-state index contributed by atoms with van der Waals surface area (Å²) in [4.78, 5) is 11.0. The highest BCUT2D eigenvalue weighted by atomic mass is 16.7. The van der Waals surface area contributed by atoms with Gasteiger partial charge in [-0.3, -0.25) is 0 Å². The van der Waals surface area contributed by atoms with Crippen LogP contribution in [0.5, 0.6) is 0 Å². The van der Waals surface area contributed by atoms with Gasteiger partial charge in [-0.05, 0) is 5.56 Å². The highest BCUT2D eigenvalue weighted by Crippen LogP contribution is 2.19. The van der Waals surface area contributed by atoms with Crippen molar-refractivity contribution in [1.29, 1.82) is 0 Å². The van der Waals surface area contributed by atoms with Crippen LogP contribution in [0.25, 0.3) is 6.08 Å². The van der Waals surface area contributed by atoms with E-state index in [-0.39, 0.29) is 12.0 Å². The molecule has 1 unspecified atom stereocenters. The monoisotopic (exact) mass is 232 g/mol. The van der Waals surface area contributed by atoms with Crippen molar-refractivity contribution in [2.75, 3.05) is 6.61 Å². The van der Waals surface area contributed by atoms with Crippen LogP contribution in [0.2, 0.25) is 0 Å². The van der Waals surface area contributed by atoms with Crippen LogP contribution in [0.1, 0.15) is 18.9 Å². The fourth-order valence-corrected chi connectivity index (χ4v) is 1.80. The molecule has 3 nitrogen and oxygen atoms in total. The van der Waals surface area contributed by atoms with Gasteiger partial charge in [0.2, 0.25) is 0 Å². The Morgan fingerprint density at radius 3 is 2.82 bits per heavy atom. The van der Waals surface area contributed by atoms with Crippen molar-refractivity contribution in [3.8, 4) is 0 Å². The Labute approximate surface area is 101 Å². The summed E-state index contributed by atoms with van der Waals surface area (Å²) in [5, 5.41) is 0. The van der Waals surface area contributed by atoms with Crippen LogP contribution in [-0.4, -0.2) is 18.9 Å². The second kappa shape index (κ2) is 5.53. The smallest absolute Gasteiger partial charge is 0.434 e. The fraction of sp³-hybridized carbons (Fsp3) is 0.357. The third kappa shape index (κ3) is 3.34. The van der Waals surface area contributed by atoms with E-state index < -0.39 is 6.16 Å². The van der Waals surface area contributed by atoms with Crippen molar-refractivity contribution in [3.63, 3.8) is 0 Å². The van der Waals surface area contributed by atoms with Crippen molar-refractivity contribution in [2.24, 2.45) is 5.92 Å². The molecule has 2 atom stereocenters. The molecule has 0 saturated carbocycles. The molecule has 1 heterocycles. The highest BCUT2D eigenvalue weighted by molar-refractivity contribution is 5.60. The van der Waals surface area contributed by atoms with Gasteiger partial charge in [-0.25, -0.2) is 4.79 Å². The molecule has 17 heavy (non-hydrogen) atoms. The largest absolute Gasteiger partial charge is 0.508 e. The number of cyclic esters (lactones) is 2. The Bertz CT molecular complexity index is 397. The van der Waals surface area contributed by atoms with Crippen LogP contribution in [-0.2, 0) is 9.47 Å². The molecule has 1 saturated heterocycles. The van der Waals surface area contributed by atoms with Gasteiger partial charge in [-0.2, -0.15) is 0 Å². The molecule has 0 aromatic heterocycles. The Morgan fingerprint density at radius 1 is 1.35 bits per heavy atom. The summed E-state index contributed by atoms with van der Waals surface area (Å²) in [6.07, 6.45) is 4.25. The number of hydrogen-bond donors (Lipinski definition) is 0. The minimum Gasteiger partial charge on any atom is -0.434 e. The standard InChI is InChI=1S/C14H16O3/c1-11(13-9-10-16-14(15)17-13)7-8-12-5-3-2-4-6-12/h2-8,11,13H,9-10H2,1H3/b8-7+/t11-,13?/m1/s1. The maximum Gasteiger partial charge on any atom is 0.508 e. The van der Waals surface area contributed by atoms with Gasteiger partial charge >= 0.3 is 6.16 Å². The Kier molecular flexibility index (Phi) is 3.81. The van der Waals surface area contributed by atoms with Crippen LogP contribution in [0.4, 0.5) is 4.79 Å². The highest BCUT2D eigenvalue weighted by Gasteiger charge is 2.25. The summed E-state index contributed by atoms with van der Waals surface area (Å²) in [6.45, 7) is 2.50. The van der Waals surface area contributed by atoms with Crippen molar-refractivity contribution >= 4 is 12.2 Å². The molecule has 1 aromatic carbocycles. The Hall–Kier alpha value is -1.77. The van der Waals surface area contributed by atoms with Crippen LogP contribution < -0.4 is 0 Å². The molecule has 0 bridgehead atoms. The quantitative estimate of drug-likeness (QED) is 0.750. The SMILES string of the molecule is C[C@H](/C=C/c1ccccc1)C1CCOC(=O)O1. The predicted octanol–water partition coefficient (Wildman–Crippen LogP) is 3.26. The summed E-state index contributed by atoms with van der Waals surface area (Å²) >= 11 is 0. The maximum absolute atomic E-state index is 11.0. The molecule has 1 aliphatic heterocycles. The number of hydrogen-bond acceptors (Lipinski definition) is 3. The van der Waals surface area contributed by atoms with Gasteiger partial charge in [0.1, 0.15) is 6.10 Å². The van der Waals surface area contributed by atoms with Crippen LogP contribution in [0.15, 0.2) is 36.4 Å². The topological polar surface area (TPSA) is 35.5 Å². The van der Waals surface area contributed by atoms with Crippen molar-refractivity contribution in [2.45, 2.75) is 19.4 Å². The minimum absolute atomic E-state index is 0.0730. The molecule has 1 aliphatic rings. The first kappa shape index (κ1) is 11.7. The van der Waals surface area contributed by atoms with E-state index in [9.17, 15) is 4.79 Å². The van der Waals surface area contributed by atoms with Gasteiger partial charge in [-0.1, -0.05) is 49.4 Å². The van der Waals surface area contributed by atoms with Gasteiger partial charge in [-0.15, -0.1) is 0 Å². The summed E-state index contributed by atoms with van der Waals surface area (Å²) in [5.74, 6) is 0.197. The van der Waals surface area contributed by atoms with Gasteiger partial charge in [0, 0.05) is 12.3 Å². The number of rotatable bonds is 3. The van der Waals surface area contributed by atoms with Gasteiger partial charge < -0.3 is 9.47 Å². The van der Waals surface area contributed by atoms with Crippen molar-refractivity contribution in [1.82, 2.24) is 0 Å². The average molecular weight is 232 g/mol. The van der Waals surface area contributed by atoms with Gasteiger partial charge in [0.25, 0.3) is 0 Å². The zero-order chi connectivity index (χ0) is 12.1. The lowest BCUT2D eigenvalue weighted by Crippen LogP contribution is -2.31. The molecule has 90 valence electrons. The number of carbonyl (C=O) groups is 1. The van der Waals surface area contributed by atoms with E-state index in [1.54, 1.807) is 0 Å². The number of ether oxygens (including phenoxy) is 2. The van der Waals surface area contributed by atoms with E-state index >= 15 is 0 Å². The Balaban J connectivity index is 1.94. The summed E-state index contributed by atoms with van der Waals surface area (Å²) in [6, 6.07) is 10.1. The van der Waals surface area contributed by atoms with Crippen LogP contribution in [0.3, 0.4) is 0 Å². The molecule has 1 aromatic rings. The van der Waals surface area contributed by atoms with E-state index in [0.29, 0.717) is 6.61 Å². The summed E-state index contributed by atoms with van der Waals surface area (Å²) in [5.41, 5.74) is 1.15. The zero-order valence-electron chi connectivity index (χ0n) is 9.84. The molecule has 0 aliphatic carbocycles. The lowest BCUT2D eigenvalue weighted by molar-refractivity contribution is -0.0344. The van der Waals surface area contributed by atoms with Crippen LogP contribution >= 0.6 is 0 Å². The van der Waals surface area contributed by atoms with E-state index in [1.165, 1.54) is 0 Å². The number of carbonyl (C=O) groups excluding carboxylic acids is 1. The molecule has 3 heteroatoms. The molecule has 2 rings (SSSR count). The Morgan fingerprint density at radius 2 is 2.12 bits per heavy atom. The lowest BCUT2D eigenvalue weighted by Gasteiger charge is -2.25. The molecule has 0 N–H and O–H groups in total. The summed E-state index contributed by atoms with van der Waals surface area (Å²) in [7, 11) is 0. The molecule has 0 amide bonds. The molecular weight excluding hydrogens is 216 g/mol. The lowest BCUT2D eigenvalue weighted by atomic mass is 10.00. The van der Waals surface area contributed by atoms with Crippen molar-refractivity contribution < 1.29 is 14.3 Å². The molecule has 0 radical (unpaired) electrons. The fourth-order valence-electron chi connectivity index (χ4n) is 1.80. The minimum atomic E-state index is -0.554. The van der Waals surface area contributed by atoms with E-state index in [1.807, 2.05) is 43.3 Å². The summed E-state index contributed by atoms with van der Waals surface area (Å²) < 4.78 is 9.86. The molecule has 1 fully saturated rings. The second-order valence-corrected chi connectivity index (χ2v) is 4.17. The van der Waals surface area contributed by atoms with E-state index in [0.717, 1.165) is 12.0 Å². The van der Waals surface area contributed by atoms with Gasteiger partial charge in [0.15, 0.2) is 0 Å². The first-order chi connectivity index (χ1) is 8.25. The average Bonchev–Trinajstić information content (AvgIpc) is 2.37. The number of benzene rings is 1. The van der Waals surface area contributed by atoms with Crippen molar-refractivity contribution in [3.05, 3.63) is 42.0 Å². The van der Waals surface area contributed by atoms with E-state index in [2.05, 4.69) is 6.08 Å². The maximum atomic E-state index is 11.0. The zero-order valence-corrected chi connectivity index (χ0v) is 9.84. The first-order valence-electron chi connectivity index (χ1n) is 5.82. The van der Waals surface area contributed by atoms with Crippen LogP contribution in [0, 0.1) is 5.92 Å². The molecular formula is C14H16O3. The third-order valence-electron chi connectivity index (χ3n) is 2.85. The molecule has 0 spiro atoms. The van der Waals surface area contributed by atoms with E-state index in [4.69, 9.17) is 9.47 Å². The normalized spacial score (nSPS) is 21.9. The first-order valence-corrected chi connectivity index (χ1v) is 5.82.